The molecule has 1 heterocycles. The molecule has 0 fully saturated rings. The third-order valence-electron chi connectivity index (χ3n) is 3.86. The first kappa shape index (κ1) is 13.9. The van der Waals surface area contributed by atoms with E-state index in [4.69, 9.17) is 0 Å². The van der Waals surface area contributed by atoms with Crippen LogP contribution in [0.5, 0.6) is 0 Å². The highest BCUT2D eigenvalue weighted by molar-refractivity contribution is 5.71. The average molecular weight is 279 g/mol. The smallest absolute Gasteiger partial charge is 0.241 e. The number of nitrogens with zero attached hydrogens (tertiary/aromatic N) is 1. The fourth-order valence-electron chi connectivity index (χ4n) is 2.79. The zero-order chi connectivity index (χ0) is 14.8. The lowest BCUT2D eigenvalue weighted by Crippen LogP contribution is -2.38. The van der Waals surface area contributed by atoms with Crippen molar-refractivity contribution in [3.05, 3.63) is 65.5 Å². The maximum atomic E-state index is 3.59. The molecule has 1 aromatic heterocycles. The van der Waals surface area contributed by atoms with Gasteiger partial charge in [-0.1, -0.05) is 55.8 Å². The molecule has 0 unspecified atom stereocenters. The summed E-state index contributed by atoms with van der Waals surface area (Å²) in [6.45, 7) is 7.59. The first-order valence-corrected chi connectivity index (χ1v) is 7.68. The molecule has 0 atom stereocenters. The van der Waals surface area contributed by atoms with Crippen LogP contribution < -0.4 is 4.57 Å². The molecule has 0 radical (unpaired) electrons. The number of aryl methyl sites for hydroxylation is 1. The van der Waals surface area contributed by atoms with Gasteiger partial charge in [0.1, 0.15) is 6.54 Å². The van der Waals surface area contributed by atoms with Gasteiger partial charge in [0.15, 0.2) is 11.0 Å². The van der Waals surface area contributed by atoms with Gasteiger partial charge in [0.2, 0.25) is 0 Å². The molecule has 21 heavy (non-hydrogen) atoms. The highest BCUT2D eigenvalue weighted by atomic mass is 15.1. The highest BCUT2D eigenvalue weighted by Gasteiger charge is 2.19. The predicted molar refractivity (Wildman–Crippen MR) is 87.3 cm³/mol. The molecule has 0 amide bonds. The molecule has 2 nitrogen and oxygen atoms in total. The molecule has 3 rings (SSSR count). The number of H-pyrrole nitrogens is 1. The van der Waals surface area contributed by atoms with Gasteiger partial charge in [-0.2, -0.15) is 0 Å². The van der Waals surface area contributed by atoms with E-state index >= 15 is 0 Å². The summed E-state index contributed by atoms with van der Waals surface area (Å²) >= 11 is 0. The summed E-state index contributed by atoms with van der Waals surface area (Å²) in [6.07, 6.45) is 1.07. The first-order valence-electron chi connectivity index (χ1n) is 7.68. The second-order valence-electron chi connectivity index (χ2n) is 6.26. The molecule has 0 saturated heterocycles. The standard InChI is InChI=1S/C19H22N2/c1-14(2)12-19-20-17-6-4-5-7-18(17)21(19)13-16-10-8-15(3)9-11-16/h4-11,14H,12-13H2,1-3H3/p+1. The first-order chi connectivity index (χ1) is 10.1. The Hall–Kier alpha value is -2.09. The topological polar surface area (TPSA) is 19.7 Å². The number of benzene rings is 2. The molecule has 0 aliphatic heterocycles. The lowest BCUT2D eigenvalue weighted by Gasteiger charge is -2.05. The van der Waals surface area contributed by atoms with Gasteiger partial charge in [-0.15, -0.1) is 0 Å². The Morgan fingerprint density at radius 2 is 1.71 bits per heavy atom. The third-order valence-corrected chi connectivity index (χ3v) is 3.86. The summed E-state index contributed by atoms with van der Waals surface area (Å²) in [5.74, 6) is 1.95. The number of hydrogen-bond acceptors (Lipinski definition) is 0. The van der Waals surface area contributed by atoms with E-state index in [0.717, 1.165) is 13.0 Å². The van der Waals surface area contributed by atoms with E-state index in [-0.39, 0.29) is 0 Å². The van der Waals surface area contributed by atoms with Crippen molar-refractivity contribution in [1.29, 1.82) is 0 Å². The summed E-state index contributed by atoms with van der Waals surface area (Å²) < 4.78 is 2.42. The average Bonchev–Trinajstić information content (AvgIpc) is 2.78. The van der Waals surface area contributed by atoms with Crippen LogP contribution in [0.4, 0.5) is 0 Å². The van der Waals surface area contributed by atoms with Gasteiger partial charge in [0, 0.05) is 0 Å². The van der Waals surface area contributed by atoms with Crippen LogP contribution >= 0.6 is 0 Å². The van der Waals surface area contributed by atoms with Crippen molar-refractivity contribution < 1.29 is 4.57 Å². The number of rotatable bonds is 4. The van der Waals surface area contributed by atoms with Gasteiger partial charge in [-0.25, -0.2) is 9.55 Å². The maximum absolute atomic E-state index is 3.59. The normalized spacial score (nSPS) is 11.4. The molecule has 1 N–H and O–H groups in total. The Labute approximate surface area is 126 Å². The number of hydrogen-bond donors (Lipinski definition) is 1. The molecule has 108 valence electrons. The van der Waals surface area contributed by atoms with Crippen LogP contribution in [0.2, 0.25) is 0 Å². The van der Waals surface area contributed by atoms with Crippen LogP contribution in [-0.4, -0.2) is 4.98 Å². The van der Waals surface area contributed by atoms with Crippen molar-refractivity contribution in [2.24, 2.45) is 5.92 Å². The summed E-state index contributed by atoms with van der Waals surface area (Å²) in [5, 5.41) is 0. The second kappa shape index (κ2) is 5.72. The van der Waals surface area contributed by atoms with Crippen LogP contribution in [0.25, 0.3) is 11.0 Å². The van der Waals surface area contributed by atoms with Gasteiger partial charge in [-0.05, 0) is 30.5 Å². The zero-order valence-corrected chi connectivity index (χ0v) is 13.1. The number of imidazole rings is 1. The molecule has 0 bridgehead atoms. The molecular weight excluding hydrogens is 256 g/mol. The van der Waals surface area contributed by atoms with E-state index in [1.165, 1.54) is 28.0 Å². The zero-order valence-electron chi connectivity index (χ0n) is 13.1. The molecule has 0 aliphatic rings. The Morgan fingerprint density at radius 1 is 1.00 bits per heavy atom. The lowest BCUT2D eigenvalue weighted by molar-refractivity contribution is -0.670. The van der Waals surface area contributed by atoms with E-state index in [2.05, 4.69) is 78.9 Å². The molecular formula is C19H23N2+. The summed E-state index contributed by atoms with van der Waals surface area (Å²) in [5.41, 5.74) is 5.17. The fourth-order valence-corrected chi connectivity index (χ4v) is 2.79. The summed E-state index contributed by atoms with van der Waals surface area (Å²) in [4.78, 5) is 3.59. The minimum atomic E-state index is 0.641. The van der Waals surface area contributed by atoms with Crippen molar-refractivity contribution in [1.82, 2.24) is 4.98 Å². The Bertz CT molecular complexity index is 736. The van der Waals surface area contributed by atoms with E-state index in [9.17, 15) is 0 Å². The number of para-hydroxylation sites is 2. The van der Waals surface area contributed by atoms with E-state index in [1.807, 2.05) is 0 Å². The second-order valence-corrected chi connectivity index (χ2v) is 6.26. The molecule has 2 heteroatoms. The number of aromatic amines is 1. The number of aromatic nitrogens is 2. The van der Waals surface area contributed by atoms with Gasteiger partial charge in [-0.3, -0.25) is 0 Å². The van der Waals surface area contributed by atoms with Crippen LogP contribution in [0.15, 0.2) is 48.5 Å². The van der Waals surface area contributed by atoms with Gasteiger partial charge < -0.3 is 0 Å². The quantitative estimate of drug-likeness (QED) is 0.696. The summed E-state index contributed by atoms with van der Waals surface area (Å²) in [7, 11) is 0. The molecule has 2 aromatic carbocycles. The van der Waals surface area contributed by atoms with Crippen molar-refractivity contribution in [2.45, 2.75) is 33.7 Å². The van der Waals surface area contributed by atoms with Gasteiger partial charge >= 0.3 is 0 Å². The van der Waals surface area contributed by atoms with E-state index in [0.29, 0.717) is 5.92 Å². The Morgan fingerprint density at radius 3 is 2.43 bits per heavy atom. The SMILES string of the molecule is Cc1ccc(C[n+]2c(CC(C)C)[nH]c3ccccc32)cc1. The minimum Gasteiger partial charge on any atom is -0.241 e. The minimum absolute atomic E-state index is 0.641. The Kier molecular flexibility index (Phi) is 3.78. The third kappa shape index (κ3) is 2.99. The lowest BCUT2D eigenvalue weighted by atomic mass is 10.1. The molecule has 3 aromatic rings. The van der Waals surface area contributed by atoms with Crippen molar-refractivity contribution >= 4 is 11.0 Å². The Balaban J connectivity index is 2.03. The molecule has 0 saturated carbocycles. The molecule has 0 aliphatic carbocycles. The predicted octanol–water partition coefficient (Wildman–Crippen LogP) is 4.01. The van der Waals surface area contributed by atoms with Crippen LogP contribution in [0, 0.1) is 12.8 Å². The maximum Gasteiger partial charge on any atom is 0.255 e. The van der Waals surface area contributed by atoms with Crippen molar-refractivity contribution in [2.75, 3.05) is 0 Å². The van der Waals surface area contributed by atoms with Gasteiger partial charge in [0.05, 0.1) is 6.42 Å². The van der Waals surface area contributed by atoms with E-state index < -0.39 is 0 Å². The van der Waals surface area contributed by atoms with Crippen LogP contribution in [-0.2, 0) is 13.0 Å². The highest BCUT2D eigenvalue weighted by Crippen LogP contribution is 2.13. The van der Waals surface area contributed by atoms with Crippen molar-refractivity contribution in [3.63, 3.8) is 0 Å². The largest absolute Gasteiger partial charge is 0.255 e. The number of nitrogens with one attached hydrogen (secondary N) is 1. The van der Waals surface area contributed by atoms with Crippen LogP contribution in [0.3, 0.4) is 0 Å². The number of fused-ring (bicyclic) bond motifs is 1. The van der Waals surface area contributed by atoms with Gasteiger partial charge in [0.25, 0.3) is 5.82 Å². The summed E-state index contributed by atoms with van der Waals surface area (Å²) in [6, 6.07) is 17.4. The monoisotopic (exact) mass is 279 g/mol. The van der Waals surface area contributed by atoms with Crippen LogP contribution in [0.1, 0.15) is 30.8 Å². The van der Waals surface area contributed by atoms with Crippen molar-refractivity contribution in [3.8, 4) is 0 Å². The molecule has 0 spiro atoms. The fraction of sp³-hybridized carbons (Fsp3) is 0.316. The van der Waals surface area contributed by atoms with E-state index in [1.54, 1.807) is 0 Å².